The van der Waals surface area contributed by atoms with Gasteiger partial charge in [-0.2, -0.15) is 0 Å². The first-order valence-corrected chi connectivity index (χ1v) is 16.2. The van der Waals surface area contributed by atoms with E-state index in [1.165, 1.54) is 0 Å². The molecule has 0 radical (unpaired) electrons. The van der Waals surface area contributed by atoms with Crippen molar-refractivity contribution in [1.29, 1.82) is 0 Å². The van der Waals surface area contributed by atoms with E-state index in [9.17, 15) is 45.6 Å². The molecule has 260 valence electrons. The van der Waals surface area contributed by atoms with Crippen LogP contribution in [-0.2, 0) is 23.7 Å². The van der Waals surface area contributed by atoms with E-state index in [0.29, 0.717) is 6.42 Å². The Bertz CT molecular complexity index is 1010. The van der Waals surface area contributed by atoms with Crippen molar-refractivity contribution in [3.8, 4) is 0 Å². The lowest BCUT2D eigenvalue weighted by molar-refractivity contribution is -0.308. The Morgan fingerprint density at radius 3 is 1.96 bits per heavy atom. The first kappa shape index (κ1) is 36.8. The van der Waals surface area contributed by atoms with Gasteiger partial charge in [-0.3, -0.25) is 4.79 Å². The monoisotopic (exact) mass is 646 g/mol. The van der Waals surface area contributed by atoms with Crippen LogP contribution in [0.5, 0.6) is 0 Å². The van der Waals surface area contributed by atoms with Crippen molar-refractivity contribution >= 4 is 5.78 Å². The molecule has 15 unspecified atom stereocenters. The summed E-state index contributed by atoms with van der Waals surface area (Å²) in [5, 5.41) is 79.9. The summed E-state index contributed by atoms with van der Waals surface area (Å²) >= 11 is 0. The van der Waals surface area contributed by atoms with E-state index in [-0.39, 0.29) is 48.6 Å². The third-order valence-corrected chi connectivity index (χ3v) is 10.9. The highest BCUT2D eigenvalue weighted by Gasteiger charge is 2.58. The van der Waals surface area contributed by atoms with Crippen molar-refractivity contribution in [3.63, 3.8) is 0 Å². The van der Waals surface area contributed by atoms with Crippen LogP contribution in [0.2, 0.25) is 0 Å². The molecule has 4 rings (SSSR count). The van der Waals surface area contributed by atoms with Crippen molar-refractivity contribution in [1.82, 2.24) is 0 Å². The number of Topliss-reactive ketones (excluding diaryl/α,β-unsaturated/α-hetero) is 1. The van der Waals surface area contributed by atoms with Gasteiger partial charge in [-0.05, 0) is 42.9 Å². The van der Waals surface area contributed by atoms with Gasteiger partial charge in [0, 0.05) is 17.8 Å². The molecule has 0 aromatic carbocycles. The van der Waals surface area contributed by atoms with Gasteiger partial charge in [0.2, 0.25) is 0 Å². The van der Waals surface area contributed by atoms with Crippen molar-refractivity contribution in [2.24, 2.45) is 28.6 Å². The lowest BCUT2D eigenvalue weighted by Crippen LogP contribution is -2.60. The summed E-state index contributed by atoms with van der Waals surface area (Å²) in [4.78, 5) is 13.7. The smallest absolute Gasteiger partial charge is 0.186 e. The zero-order chi connectivity index (χ0) is 33.3. The Morgan fingerprint density at radius 1 is 0.844 bits per heavy atom. The minimum Gasteiger partial charge on any atom is -0.394 e. The Morgan fingerprint density at radius 2 is 1.40 bits per heavy atom. The molecule has 2 heterocycles. The fourth-order valence-electron chi connectivity index (χ4n) is 8.36. The predicted molar refractivity (Wildman–Crippen MR) is 158 cm³/mol. The number of ketones is 1. The summed E-state index contributed by atoms with van der Waals surface area (Å²) in [5.74, 6) is 0.0797. The van der Waals surface area contributed by atoms with Crippen LogP contribution in [0.15, 0.2) is 12.2 Å². The molecule has 8 N–H and O–H groups in total. The molecule has 0 aromatic heterocycles. The summed E-state index contributed by atoms with van der Waals surface area (Å²) in [5.41, 5.74) is -0.0279. The van der Waals surface area contributed by atoms with Crippen molar-refractivity contribution in [2.45, 2.75) is 127 Å². The summed E-state index contributed by atoms with van der Waals surface area (Å²) in [6.45, 7) is 9.83. The molecule has 0 amide bonds. The number of aliphatic hydroxyl groups excluding tert-OH is 8. The molecule has 4 fully saturated rings. The van der Waals surface area contributed by atoms with Crippen LogP contribution < -0.4 is 0 Å². The highest BCUT2D eigenvalue weighted by Crippen LogP contribution is 2.61. The van der Waals surface area contributed by atoms with Crippen LogP contribution >= 0.6 is 0 Å². The lowest BCUT2D eigenvalue weighted by Gasteiger charge is -2.58. The SMILES string of the molecule is C=C1CC(=O)C2C(C)(COC3OC(CO)C(O)C(O)C3O)CCCC2(C)C1CCC(C)CCOC1OC(CO)C(O)C(O)C1O. The summed E-state index contributed by atoms with van der Waals surface area (Å²) in [7, 11) is 0. The summed E-state index contributed by atoms with van der Waals surface area (Å²) in [6.07, 6.45) is -8.46. The van der Waals surface area contributed by atoms with Crippen LogP contribution in [-0.4, -0.2) is 134 Å². The second-order valence-corrected chi connectivity index (χ2v) is 14.3. The van der Waals surface area contributed by atoms with E-state index in [1.807, 2.05) is 6.92 Å². The lowest BCUT2D eigenvalue weighted by atomic mass is 9.46. The number of rotatable bonds is 12. The van der Waals surface area contributed by atoms with Gasteiger partial charge in [0.05, 0.1) is 26.4 Å². The second-order valence-electron chi connectivity index (χ2n) is 14.3. The number of allylic oxidation sites excluding steroid dienone is 1. The molecule has 4 aliphatic rings. The number of carbonyl (C=O) groups is 1. The van der Waals surface area contributed by atoms with Crippen molar-refractivity contribution < 1.29 is 64.6 Å². The highest BCUT2D eigenvalue weighted by atomic mass is 16.7. The Hall–Kier alpha value is -1.07. The third kappa shape index (κ3) is 7.50. The molecular weight excluding hydrogens is 592 g/mol. The maximum absolute atomic E-state index is 13.7. The number of hydrogen-bond acceptors (Lipinski definition) is 13. The molecule has 13 nitrogen and oxygen atoms in total. The van der Waals surface area contributed by atoms with E-state index in [2.05, 4.69) is 20.4 Å². The van der Waals surface area contributed by atoms with Crippen LogP contribution in [0.4, 0.5) is 0 Å². The zero-order valence-corrected chi connectivity index (χ0v) is 26.6. The van der Waals surface area contributed by atoms with Gasteiger partial charge < -0.3 is 59.8 Å². The molecule has 0 spiro atoms. The highest BCUT2D eigenvalue weighted by molar-refractivity contribution is 5.86. The van der Waals surface area contributed by atoms with Crippen LogP contribution in [0.25, 0.3) is 0 Å². The molecule has 0 aromatic rings. The van der Waals surface area contributed by atoms with Crippen LogP contribution in [0, 0.1) is 28.6 Å². The molecule has 2 saturated carbocycles. The van der Waals surface area contributed by atoms with Crippen molar-refractivity contribution in [2.75, 3.05) is 26.4 Å². The minimum absolute atomic E-state index is 0.0842. The summed E-state index contributed by atoms with van der Waals surface area (Å²) in [6, 6.07) is 0. The maximum atomic E-state index is 13.7. The number of ether oxygens (including phenoxy) is 4. The largest absolute Gasteiger partial charge is 0.394 e. The fourth-order valence-corrected chi connectivity index (χ4v) is 8.36. The van der Waals surface area contributed by atoms with Gasteiger partial charge in [-0.25, -0.2) is 0 Å². The van der Waals surface area contributed by atoms with Gasteiger partial charge in [-0.15, -0.1) is 0 Å². The number of fused-ring (bicyclic) bond motifs is 1. The van der Waals surface area contributed by atoms with E-state index in [1.54, 1.807) is 0 Å². The number of aliphatic hydroxyl groups is 8. The molecule has 15 atom stereocenters. The topological polar surface area (TPSA) is 216 Å². The van der Waals surface area contributed by atoms with Crippen LogP contribution in [0.1, 0.15) is 65.7 Å². The number of hydrogen-bond donors (Lipinski definition) is 8. The van der Waals surface area contributed by atoms with Gasteiger partial charge in [0.15, 0.2) is 12.6 Å². The van der Waals surface area contributed by atoms with Gasteiger partial charge in [-0.1, -0.05) is 45.8 Å². The quantitative estimate of drug-likeness (QED) is 0.124. The molecule has 2 aliphatic carbocycles. The molecular formula is C32H54O13. The Labute approximate surface area is 264 Å². The molecule has 45 heavy (non-hydrogen) atoms. The standard InChI is InChI=1S/C32H54O13/c1-16(8-11-42-29-26(40)24(38)22(36)20(13-33)44-29)6-7-18-17(2)12-19(35)28-31(3,9-5-10-32(18,28)4)15-43-30-27(41)25(39)23(37)21(14-34)45-30/h16,18,20-30,33-34,36-41H,2,5-15H2,1,3-4H3. The van der Waals surface area contributed by atoms with Crippen molar-refractivity contribution in [3.05, 3.63) is 12.2 Å². The molecule has 13 heteroatoms. The van der Waals surface area contributed by atoms with E-state index in [4.69, 9.17) is 18.9 Å². The van der Waals surface area contributed by atoms with E-state index < -0.39 is 80.0 Å². The molecule has 2 saturated heterocycles. The minimum atomic E-state index is -1.54. The molecule has 2 aliphatic heterocycles. The number of carbonyl (C=O) groups excluding carboxylic acids is 1. The van der Waals surface area contributed by atoms with Crippen LogP contribution in [0.3, 0.4) is 0 Å². The first-order valence-electron chi connectivity index (χ1n) is 16.2. The first-order chi connectivity index (χ1) is 21.2. The predicted octanol–water partition coefficient (Wildman–Crippen LogP) is -0.616. The van der Waals surface area contributed by atoms with E-state index >= 15 is 0 Å². The fraction of sp³-hybridized carbons (Fsp3) is 0.906. The maximum Gasteiger partial charge on any atom is 0.186 e. The zero-order valence-electron chi connectivity index (χ0n) is 26.6. The normalized spacial score (nSPS) is 46.6. The van der Waals surface area contributed by atoms with Gasteiger partial charge in [0.1, 0.15) is 54.6 Å². The third-order valence-electron chi connectivity index (χ3n) is 10.9. The van der Waals surface area contributed by atoms with E-state index in [0.717, 1.165) is 37.7 Å². The van der Waals surface area contributed by atoms with Gasteiger partial charge >= 0.3 is 0 Å². The average Bonchev–Trinajstić information content (AvgIpc) is 2.99. The van der Waals surface area contributed by atoms with Gasteiger partial charge in [0.25, 0.3) is 0 Å². The average molecular weight is 647 g/mol. The molecule has 0 bridgehead atoms. The Kier molecular flexibility index (Phi) is 12.3. The second kappa shape index (κ2) is 15.0. The summed E-state index contributed by atoms with van der Waals surface area (Å²) < 4.78 is 22.7. The Balaban J connectivity index is 1.35.